The third-order valence-corrected chi connectivity index (χ3v) is 2.62. The van der Waals surface area contributed by atoms with Crippen molar-refractivity contribution >= 4 is 5.91 Å². The zero-order chi connectivity index (χ0) is 15.0. The molecule has 2 N–H and O–H groups in total. The Kier molecular flexibility index (Phi) is 6.85. The normalized spacial score (nSPS) is 10.6. The minimum atomic E-state index is -0.445. The molecular weight excluding hydrogens is 266 g/mol. The Morgan fingerprint density at radius 2 is 2.00 bits per heavy atom. The molecule has 0 aromatic carbocycles. The molecule has 1 aromatic rings. The number of amides is 1. The average Bonchev–Trinajstić information content (AvgIpc) is 2.45. The molecule has 1 aromatic heterocycles. The fraction of sp³-hybridized carbons (Fsp3) is 0.583. The van der Waals surface area contributed by atoms with E-state index < -0.39 is 5.91 Å². The highest BCUT2D eigenvalue weighted by Crippen LogP contribution is 2.00. The Labute approximate surface area is 116 Å². The largest absolute Gasteiger partial charge is 0.395 e. The predicted octanol–water partition coefficient (Wildman–Crippen LogP) is -1.68. The third kappa shape index (κ3) is 4.41. The van der Waals surface area contributed by atoms with Crippen molar-refractivity contribution in [1.82, 2.24) is 14.7 Å². The highest BCUT2D eigenvalue weighted by Gasteiger charge is 2.17. The van der Waals surface area contributed by atoms with E-state index in [4.69, 9.17) is 14.9 Å². The van der Waals surface area contributed by atoms with Gasteiger partial charge in [-0.1, -0.05) is 0 Å². The zero-order valence-electron chi connectivity index (χ0n) is 11.4. The molecule has 1 rings (SSSR count). The number of carbonyl (C=O) groups is 1. The van der Waals surface area contributed by atoms with Crippen molar-refractivity contribution in [3.63, 3.8) is 0 Å². The van der Waals surface area contributed by atoms with Crippen LogP contribution >= 0.6 is 0 Å². The first kappa shape index (κ1) is 16.3. The summed E-state index contributed by atoms with van der Waals surface area (Å²) in [6.07, 6.45) is 0. The van der Waals surface area contributed by atoms with E-state index >= 15 is 0 Å². The summed E-state index contributed by atoms with van der Waals surface area (Å²) in [5.41, 5.74) is -0.239. The Morgan fingerprint density at radius 1 is 1.35 bits per heavy atom. The number of aliphatic hydroxyl groups excluding tert-OH is 2. The number of hydrogen-bond donors (Lipinski definition) is 2. The second-order valence-electron chi connectivity index (χ2n) is 4.01. The minimum absolute atomic E-state index is 0.0857. The maximum atomic E-state index is 12.2. The molecule has 1 heterocycles. The van der Waals surface area contributed by atoms with Gasteiger partial charge in [0.15, 0.2) is 0 Å². The van der Waals surface area contributed by atoms with Crippen LogP contribution in [0.4, 0.5) is 0 Å². The lowest BCUT2D eigenvalue weighted by molar-refractivity contribution is 0.0675. The van der Waals surface area contributed by atoms with Crippen LogP contribution < -0.4 is 5.56 Å². The first-order chi connectivity index (χ1) is 9.63. The summed E-state index contributed by atoms with van der Waals surface area (Å²) in [5, 5.41) is 21.8. The Morgan fingerprint density at radius 3 is 2.55 bits per heavy atom. The van der Waals surface area contributed by atoms with Crippen LogP contribution in [0.3, 0.4) is 0 Å². The van der Waals surface area contributed by atoms with Gasteiger partial charge in [0.25, 0.3) is 11.5 Å². The van der Waals surface area contributed by atoms with E-state index in [0.29, 0.717) is 6.61 Å². The van der Waals surface area contributed by atoms with Crippen molar-refractivity contribution in [3.8, 4) is 0 Å². The van der Waals surface area contributed by atoms with Crippen LogP contribution in [0.25, 0.3) is 0 Å². The highest BCUT2D eigenvalue weighted by atomic mass is 16.5. The number of aliphatic hydroxyl groups is 2. The van der Waals surface area contributed by atoms with E-state index in [9.17, 15) is 9.59 Å². The van der Waals surface area contributed by atoms with Crippen LogP contribution in [0.15, 0.2) is 16.9 Å². The molecule has 8 heteroatoms. The van der Waals surface area contributed by atoms with Crippen molar-refractivity contribution < 1.29 is 19.7 Å². The van der Waals surface area contributed by atoms with Crippen LogP contribution in [0.1, 0.15) is 10.5 Å². The Hall–Kier alpha value is -1.77. The Balaban J connectivity index is 2.93. The molecule has 0 bridgehead atoms. The SMILES string of the molecule is COCCn1nc(C(=O)N(CCO)CCO)ccc1=O. The van der Waals surface area contributed by atoms with E-state index in [1.54, 1.807) is 0 Å². The highest BCUT2D eigenvalue weighted by molar-refractivity contribution is 5.92. The number of ether oxygens (including phenoxy) is 1. The van der Waals surface area contributed by atoms with Gasteiger partial charge in [0, 0.05) is 26.3 Å². The van der Waals surface area contributed by atoms with Gasteiger partial charge in [0.2, 0.25) is 0 Å². The summed E-state index contributed by atoms with van der Waals surface area (Å²) in [4.78, 5) is 25.0. The molecule has 0 saturated heterocycles. The van der Waals surface area contributed by atoms with Gasteiger partial charge in [-0.3, -0.25) is 9.59 Å². The lowest BCUT2D eigenvalue weighted by Gasteiger charge is -2.20. The second-order valence-corrected chi connectivity index (χ2v) is 4.01. The molecule has 0 aliphatic rings. The summed E-state index contributed by atoms with van der Waals surface area (Å²) in [7, 11) is 1.50. The van der Waals surface area contributed by atoms with Gasteiger partial charge in [0.05, 0.1) is 26.4 Å². The Bertz CT molecular complexity index is 482. The first-order valence-electron chi connectivity index (χ1n) is 6.22. The van der Waals surface area contributed by atoms with E-state index in [1.807, 2.05) is 0 Å². The number of nitrogens with zero attached hydrogens (tertiary/aromatic N) is 3. The summed E-state index contributed by atoms with van der Waals surface area (Å²) in [5.74, 6) is -0.445. The van der Waals surface area contributed by atoms with E-state index in [-0.39, 0.29) is 44.1 Å². The van der Waals surface area contributed by atoms with Crippen molar-refractivity contribution in [2.24, 2.45) is 0 Å². The van der Waals surface area contributed by atoms with E-state index in [2.05, 4.69) is 5.10 Å². The number of methoxy groups -OCH3 is 1. The van der Waals surface area contributed by atoms with Crippen molar-refractivity contribution in [2.45, 2.75) is 6.54 Å². The third-order valence-electron chi connectivity index (χ3n) is 2.62. The van der Waals surface area contributed by atoms with Gasteiger partial charge < -0.3 is 19.8 Å². The molecule has 0 fully saturated rings. The quantitative estimate of drug-likeness (QED) is 0.591. The summed E-state index contributed by atoms with van der Waals surface area (Å²) < 4.78 is 6.01. The smallest absolute Gasteiger partial charge is 0.274 e. The lowest BCUT2D eigenvalue weighted by Crippen LogP contribution is -2.37. The molecule has 0 radical (unpaired) electrons. The maximum absolute atomic E-state index is 12.2. The molecule has 20 heavy (non-hydrogen) atoms. The van der Waals surface area contributed by atoms with Gasteiger partial charge in [0.1, 0.15) is 5.69 Å². The first-order valence-corrected chi connectivity index (χ1v) is 6.22. The molecular formula is C12H19N3O5. The van der Waals surface area contributed by atoms with Gasteiger partial charge >= 0.3 is 0 Å². The molecule has 0 aliphatic carbocycles. The van der Waals surface area contributed by atoms with Crippen molar-refractivity contribution in [3.05, 3.63) is 28.2 Å². The van der Waals surface area contributed by atoms with Gasteiger partial charge in [-0.2, -0.15) is 5.10 Å². The van der Waals surface area contributed by atoms with Crippen molar-refractivity contribution in [2.75, 3.05) is 40.0 Å². The van der Waals surface area contributed by atoms with E-state index in [0.717, 1.165) is 4.68 Å². The summed E-state index contributed by atoms with van der Waals surface area (Å²) in [6, 6.07) is 2.59. The predicted molar refractivity (Wildman–Crippen MR) is 70.4 cm³/mol. The van der Waals surface area contributed by atoms with Gasteiger partial charge in [-0.15, -0.1) is 0 Å². The number of carbonyl (C=O) groups excluding carboxylic acids is 1. The molecule has 0 aliphatic heterocycles. The summed E-state index contributed by atoms with van der Waals surface area (Å²) >= 11 is 0. The molecule has 112 valence electrons. The van der Waals surface area contributed by atoms with E-state index in [1.165, 1.54) is 24.1 Å². The fourth-order valence-electron chi connectivity index (χ4n) is 1.62. The molecule has 1 amide bonds. The van der Waals surface area contributed by atoms with Crippen LogP contribution in [-0.4, -0.2) is 70.8 Å². The topological polar surface area (TPSA) is 105 Å². The minimum Gasteiger partial charge on any atom is -0.395 e. The standard InChI is InChI=1S/C12H19N3O5/c1-20-9-6-15-11(18)3-2-10(13-15)12(19)14(4-7-16)5-8-17/h2-3,16-17H,4-9H2,1H3. The molecule has 0 unspecified atom stereocenters. The number of rotatable bonds is 8. The zero-order valence-corrected chi connectivity index (χ0v) is 11.4. The molecule has 0 saturated carbocycles. The number of hydrogen-bond acceptors (Lipinski definition) is 6. The van der Waals surface area contributed by atoms with Gasteiger partial charge in [-0.05, 0) is 6.07 Å². The molecule has 0 atom stereocenters. The van der Waals surface area contributed by atoms with Crippen LogP contribution in [-0.2, 0) is 11.3 Å². The maximum Gasteiger partial charge on any atom is 0.274 e. The van der Waals surface area contributed by atoms with Crippen molar-refractivity contribution in [1.29, 1.82) is 0 Å². The van der Waals surface area contributed by atoms with Crippen LogP contribution in [0.5, 0.6) is 0 Å². The summed E-state index contributed by atoms with van der Waals surface area (Å²) in [6.45, 7) is 0.318. The number of aromatic nitrogens is 2. The molecule has 0 spiro atoms. The van der Waals surface area contributed by atoms with Crippen LogP contribution in [0.2, 0.25) is 0 Å². The van der Waals surface area contributed by atoms with Crippen LogP contribution in [0, 0.1) is 0 Å². The molecule has 8 nitrogen and oxygen atoms in total. The fourth-order valence-corrected chi connectivity index (χ4v) is 1.62. The second kappa shape index (κ2) is 8.41. The van der Waals surface area contributed by atoms with Gasteiger partial charge in [-0.25, -0.2) is 4.68 Å². The monoisotopic (exact) mass is 285 g/mol. The lowest BCUT2D eigenvalue weighted by atomic mass is 10.3. The average molecular weight is 285 g/mol.